The predicted octanol–water partition coefficient (Wildman–Crippen LogP) is 3.37. The summed E-state index contributed by atoms with van der Waals surface area (Å²) in [5, 5.41) is 0. The van der Waals surface area contributed by atoms with Gasteiger partial charge in [0, 0.05) is 37.7 Å². The van der Waals surface area contributed by atoms with Crippen molar-refractivity contribution >= 4 is 11.8 Å². The largest absolute Gasteiger partial charge is 0.493 e. The Balaban J connectivity index is 1.31. The molecule has 2 aliphatic rings. The maximum Gasteiger partial charge on any atom is 0.256 e. The molecule has 2 aromatic carbocycles. The summed E-state index contributed by atoms with van der Waals surface area (Å²) in [5.74, 6) is -1.16. The van der Waals surface area contributed by atoms with Crippen LogP contribution in [0.2, 0.25) is 0 Å². The smallest absolute Gasteiger partial charge is 0.256 e. The number of likely N-dealkylation sites (tertiary alicyclic amines) is 1. The van der Waals surface area contributed by atoms with Crippen LogP contribution in [-0.2, 0) is 4.74 Å². The third-order valence-electron chi connectivity index (χ3n) is 5.85. The minimum absolute atomic E-state index is 0.0223. The number of rotatable bonds is 5. The van der Waals surface area contributed by atoms with Gasteiger partial charge in [-0.05, 0) is 55.3 Å². The highest BCUT2D eigenvalue weighted by atomic mass is 19.1. The molecule has 0 aliphatic carbocycles. The van der Waals surface area contributed by atoms with Crippen molar-refractivity contribution in [3.63, 3.8) is 0 Å². The molecule has 0 aromatic heterocycles. The lowest BCUT2D eigenvalue weighted by molar-refractivity contribution is 0.0303. The number of halogens is 2. The molecule has 0 radical (unpaired) electrons. The van der Waals surface area contributed by atoms with Gasteiger partial charge < -0.3 is 19.3 Å². The van der Waals surface area contributed by atoms with Crippen LogP contribution in [-0.4, -0.2) is 67.6 Å². The Morgan fingerprint density at radius 3 is 2.47 bits per heavy atom. The van der Waals surface area contributed by atoms with Crippen LogP contribution in [0.25, 0.3) is 0 Å². The number of piperidine rings is 1. The molecule has 0 spiro atoms. The molecule has 2 saturated heterocycles. The second-order valence-electron chi connectivity index (χ2n) is 8.12. The average molecular weight is 444 g/mol. The Morgan fingerprint density at radius 1 is 0.969 bits per heavy atom. The van der Waals surface area contributed by atoms with Gasteiger partial charge >= 0.3 is 0 Å². The number of ether oxygens (including phenoxy) is 2. The van der Waals surface area contributed by atoms with Crippen LogP contribution in [0.15, 0.2) is 42.5 Å². The average Bonchev–Trinajstić information content (AvgIpc) is 2.84. The Morgan fingerprint density at radius 2 is 1.72 bits per heavy atom. The molecular weight excluding hydrogens is 418 g/mol. The number of carbonyl (C=O) groups is 2. The van der Waals surface area contributed by atoms with E-state index < -0.39 is 17.5 Å². The van der Waals surface area contributed by atoms with Gasteiger partial charge in [0.1, 0.15) is 17.4 Å². The van der Waals surface area contributed by atoms with Crippen molar-refractivity contribution in [3.05, 3.63) is 65.2 Å². The monoisotopic (exact) mass is 444 g/mol. The van der Waals surface area contributed by atoms with Gasteiger partial charge in [-0.2, -0.15) is 0 Å². The highest BCUT2D eigenvalue weighted by molar-refractivity contribution is 5.95. The van der Waals surface area contributed by atoms with E-state index in [1.165, 1.54) is 0 Å². The van der Waals surface area contributed by atoms with Gasteiger partial charge in [-0.15, -0.1) is 0 Å². The topological polar surface area (TPSA) is 59.1 Å². The van der Waals surface area contributed by atoms with Crippen molar-refractivity contribution in [2.45, 2.75) is 12.8 Å². The first-order valence-corrected chi connectivity index (χ1v) is 10.9. The molecule has 2 fully saturated rings. The van der Waals surface area contributed by atoms with E-state index in [2.05, 4.69) is 0 Å². The summed E-state index contributed by atoms with van der Waals surface area (Å²) >= 11 is 0. The molecule has 1 atom stereocenters. The zero-order valence-electron chi connectivity index (χ0n) is 17.8. The molecule has 0 N–H and O–H groups in total. The molecule has 8 heteroatoms. The van der Waals surface area contributed by atoms with Gasteiger partial charge in [0.2, 0.25) is 0 Å². The summed E-state index contributed by atoms with van der Waals surface area (Å²) in [5.41, 5.74) is 0.359. The lowest BCUT2D eigenvalue weighted by atomic mass is 9.98. The number of hydrogen-bond donors (Lipinski definition) is 0. The van der Waals surface area contributed by atoms with Crippen LogP contribution < -0.4 is 4.74 Å². The normalized spacial score (nSPS) is 19.0. The fourth-order valence-corrected chi connectivity index (χ4v) is 4.07. The van der Waals surface area contributed by atoms with E-state index in [1.807, 2.05) is 0 Å². The predicted molar refractivity (Wildman–Crippen MR) is 114 cm³/mol. The van der Waals surface area contributed by atoms with E-state index in [1.54, 1.807) is 34.1 Å². The van der Waals surface area contributed by atoms with Gasteiger partial charge in [-0.25, -0.2) is 8.78 Å². The maximum absolute atomic E-state index is 14.0. The summed E-state index contributed by atoms with van der Waals surface area (Å²) in [4.78, 5) is 28.5. The molecule has 0 bridgehead atoms. The summed E-state index contributed by atoms with van der Waals surface area (Å²) in [6.45, 7) is 3.61. The van der Waals surface area contributed by atoms with Crippen molar-refractivity contribution in [3.8, 4) is 5.75 Å². The Kier molecular flexibility index (Phi) is 6.99. The maximum atomic E-state index is 14.0. The zero-order valence-corrected chi connectivity index (χ0v) is 17.8. The second kappa shape index (κ2) is 10.1. The molecule has 2 amide bonds. The van der Waals surface area contributed by atoms with E-state index in [4.69, 9.17) is 9.47 Å². The second-order valence-corrected chi connectivity index (χ2v) is 8.12. The van der Waals surface area contributed by atoms with E-state index >= 15 is 0 Å². The lowest BCUT2D eigenvalue weighted by Gasteiger charge is -2.32. The highest BCUT2D eigenvalue weighted by Gasteiger charge is 2.27. The quantitative estimate of drug-likeness (QED) is 0.710. The zero-order chi connectivity index (χ0) is 22.5. The minimum Gasteiger partial charge on any atom is -0.493 e. The first kappa shape index (κ1) is 22.2. The number of amides is 2. The number of morpholine rings is 1. The molecular formula is C24H26F2N2O4. The fraction of sp³-hybridized carbons (Fsp3) is 0.417. The molecule has 2 aromatic rings. The third kappa shape index (κ3) is 5.24. The number of nitrogens with zero attached hydrogens (tertiary/aromatic N) is 2. The number of hydrogen-bond acceptors (Lipinski definition) is 4. The van der Waals surface area contributed by atoms with Gasteiger partial charge in [0.15, 0.2) is 0 Å². The van der Waals surface area contributed by atoms with Crippen molar-refractivity contribution in [1.82, 2.24) is 9.80 Å². The number of carbonyl (C=O) groups excluding carboxylic acids is 2. The number of benzene rings is 2. The van der Waals surface area contributed by atoms with Crippen LogP contribution >= 0.6 is 0 Å². The van der Waals surface area contributed by atoms with Crippen LogP contribution in [0.3, 0.4) is 0 Å². The van der Waals surface area contributed by atoms with Crippen molar-refractivity contribution in [2.75, 3.05) is 46.0 Å². The van der Waals surface area contributed by atoms with Crippen LogP contribution in [0.1, 0.15) is 33.6 Å². The Hall–Kier alpha value is -3.00. The lowest BCUT2D eigenvalue weighted by Crippen LogP contribution is -2.42. The summed E-state index contributed by atoms with van der Waals surface area (Å²) in [6, 6.07) is 9.94. The molecule has 4 rings (SSSR count). The SMILES string of the molecule is O=C(c1ccc(OCC2CCCN(C(=O)c3cc(F)ccc3F)C2)cc1)N1CCOCC1. The summed E-state index contributed by atoms with van der Waals surface area (Å²) in [7, 11) is 0. The highest BCUT2D eigenvalue weighted by Crippen LogP contribution is 2.22. The first-order valence-electron chi connectivity index (χ1n) is 10.9. The third-order valence-corrected chi connectivity index (χ3v) is 5.85. The van der Waals surface area contributed by atoms with Gasteiger partial charge in [0.05, 0.1) is 25.4 Å². The van der Waals surface area contributed by atoms with Crippen LogP contribution in [0.5, 0.6) is 5.75 Å². The Labute approximate surface area is 185 Å². The first-order chi connectivity index (χ1) is 15.5. The summed E-state index contributed by atoms with van der Waals surface area (Å²) in [6.07, 6.45) is 1.65. The van der Waals surface area contributed by atoms with Gasteiger partial charge in [-0.3, -0.25) is 9.59 Å². The molecule has 2 heterocycles. The molecule has 6 nitrogen and oxygen atoms in total. The fourth-order valence-electron chi connectivity index (χ4n) is 4.07. The van der Waals surface area contributed by atoms with E-state index in [0.29, 0.717) is 57.3 Å². The molecule has 0 saturated carbocycles. The van der Waals surface area contributed by atoms with Gasteiger partial charge in [0.25, 0.3) is 11.8 Å². The van der Waals surface area contributed by atoms with Crippen LogP contribution in [0, 0.1) is 17.6 Å². The van der Waals surface area contributed by atoms with Crippen molar-refractivity contribution in [1.29, 1.82) is 0 Å². The summed E-state index contributed by atoms with van der Waals surface area (Å²) < 4.78 is 38.6. The van der Waals surface area contributed by atoms with E-state index in [9.17, 15) is 18.4 Å². The molecule has 2 aliphatic heterocycles. The van der Waals surface area contributed by atoms with Crippen molar-refractivity contribution < 1.29 is 27.8 Å². The van der Waals surface area contributed by atoms with E-state index in [-0.39, 0.29) is 17.4 Å². The van der Waals surface area contributed by atoms with Crippen molar-refractivity contribution in [2.24, 2.45) is 5.92 Å². The van der Waals surface area contributed by atoms with E-state index in [0.717, 1.165) is 31.0 Å². The molecule has 170 valence electrons. The Bertz CT molecular complexity index is 961. The molecule has 1 unspecified atom stereocenters. The standard InChI is InChI=1S/C24H26F2N2O4/c25-19-5-8-22(26)21(14-19)24(30)28-9-1-2-17(15-28)16-32-20-6-3-18(4-7-20)23(29)27-10-12-31-13-11-27/h3-8,14,17H,1-2,9-13,15-16H2. The van der Waals surface area contributed by atoms with Crippen LogP contribution in [0.4, 0.5) is 8.78 Å². The van der Waals surface area contributed by atoms with Gasteiger partial charge in [-0.1, -0.05) is 0 Å². The minimum atomic E-state index is -0.721. The molecule has 32 heavy (non-hydrogen) atoms.